The highest BCUT2D eigenvalue weighted by Gasteiger charge is 2.35. The molecule has 0 spiro atoms. The Bertz CT molecular complexity index is 3130. The minimum Gasteiger partial charge on any atom is -0.391 e. The van der Waals surface area contributed by atoms with Gasteiger partial charge in [0.1, 0.15) is 36.3 Å². The lowest BCUT2D eigenvalue weighted by Crippen LogP contribution is -2.61. The first-order valence-electron chi connectivity index (χ1n) is 25.4. The van der Waals surface area contributed by atoms with Crippen molar-refractivity contribution >= 4 is 102 Å². The van der Waals surface area contributed by atoms with E-state index in [1.807, 2.05) is 60.7 Å². The maximum Gasteiger partial charge on any atom is 0.245 e. The molecule has 24 heteroatoms. The summed E-state index contributed by atoms with van der Waals surface area (Å²) in [4.78, 5) is 120. The molecular formula is C55H63ClN12O9S2. The lowest BCUT2D eigenvalue weighted by Gasteiger charge is -2.27. The second kappa shape index (κ2) is 28.4. The summed E-state index contributed by atoms with van der Waals surface area (Å²) >= 11 is 6.09. The van der Waals surface area contributed by atoms with Gasteiger partial charge in [0.15, 0.2) is 0 Å². The Labute approximate surface area is 468 Å². The van der Waals surface area contributed by atoms with Crippen LogP contribution in [0.25, 0.3) is 21.7 Å². The molecule has 0 aliphatic carbocycles. The SMILES string of the molecule is C[C@H](O)[C@H]1NC(=O)[C@@H](N)CCNC(=O)[C@@H](Cc2c[nH]c3ccccc23)NC(=O)[C@H](Cc2cccnc2)NC(=O)[C@H](NC(=O)[C@@H](N)Cc2ccc(Cl)cc2)CSSC[C@@H](C(=O)N[C@@H](Cc2ccc3ccccc3c2)C(N)=O)NC1=O. The number of para-hydroxylation sites is 1. The number of pyridine rings is 1. The highest BCUT2D eigenvalue weighted by atomic mass is 35.5. The Morgan fingerprint density at radius 3 is 2.19 bits per heavy atom. The first-order chi connectivity index (χ1) is 37.9. The van der Waals surface area contributed by atoms with E-state index in [0.717, 1.165) is 43.3 Å². The Kier molecular flexibility index (Phi) is 21.2. The number of nitrogens with zero attached hydrogens (tertiary/aromatic N) is 1. The van der Waals surface area contributed by atoms with Crippen LogP contribution in [0, 0.1) is 0 Å². The molecule has 8 amide bonds. The van der Waals surface area contributed by atoms with E-state index in [1.165, 1.54) is 19.3 Å². The molecule has 9 atom stereocenters. The van der Waals surface area contributed by atoms with Crippen molar-refractivity contribution in [3.05, 3.63) is 149 Å². The summed E-state index contributed by atoms with van der Waals surface area (Å²) in [5.41, 5.74) is 21.9. The molecule has 6 aromatic rings. The number of aliphatic hydroxyl groups is 1. The van der Waals surface area contributed by atoms with Crippen LogP contribution in [0.15, 0.2) is 122 Å². The molecular weight excluding hydrogens is 1070 g/mol. The number of hydrogen-bond donors (Lipinski definition) is 12. The van der Waals surface area contributed by atoms with Crippen LogP contribution < -0.4 is 54.4 Å². The number of fused-ring (bicyclic) bond motifs is 2. The number of nitrogens with two attached hydrogens (primary N) is 3. The summed E-state index contributed by atoms with van der Waals surface area (Å²) in [7, 11) is 2.00. The fourth-order valence-electron chi connectivity index (χ4n) is 8.71. The van der Waals surface area contributed by atoms with E-state index in [1.54, 1.807) is 48.7 Å². The maximum absolute atomic E-state index is 14.7. The van der Waals surface area contributed by atoms with E-state index in [4.69, 9.17) is 28.8 Å². The van der Waals surface area contributed by atoms with Crippen molar-refractivity contribution in [1.82, 2.24) is 47.2 Å². The van der Waals surface area contributed by atoms with E-state index in [2.05, 4.69) is 47.2 Å². The van der Waals surface area contributed by atoms with Gasteiger partial charge < -0.3 is 64.5 Å². The summed E-state index contributed by atoms with van der Waals surface area (Å²) in [6.07, 6.45) is 3.01. The molecule has 0 bridgehead atoms. The van der Waals surface area contributed by atoms with Gasteiger partial charge in [0.2, 0.25) is 47.3 Å². The minimum absolute atomic E-state index is 0.0135. The average molecular weight is 1140 g/mol. The number of rotatable bonds is 14. The van der Waals surface area contributed by atoms with Gasteiger partial charge in [-0.1, -0.05) is 112 Å². The first-order valence-corrected chi connectivity index (χ1v) is 28.3. The Morgan fingerprint density at radius 2 is 1.46 bits per heavy atom. The molecule has 3 heterocycles. The van der Waals surface area contributed by atoms with Gasteiger partial charge in [0, 0.05) is 71.8 Å². The van der Waals surface area contributed by atoms with Gasteiger partial charge in [0.25, 0.3) is 0 Å². The van der Waals surface area contributed by atoms with Crippen LogP contribution in [0.3, 0.4) is 0 Å². The second-order valence-electron chi connectivity index (χ2n) is 19.1. The highest BCUT2D eigenvalue weighted by molar-refractivity contribution is 8.76. The van der Waals surface area contributed by atoms with E-state index in [-0.39, 0.29) is 50.2 Å². The third kappa shape index (κ3) is 17.0. The standard InChI is InChI=1S/C55H63ClN12O9S2/c1-30(69)47-55(77)67-46(53(75)63-42(48(59)70)23-32-12-15-34-8-2-3-9-35(34)21-32)29-79-78-28-45(66-50(72)40(58)22-31-13-16-37(56)17-14-31)54(76)64-43(24-33-7-6-19-60-26-33)52(74)65-44(51(73)61-20-18-39(57)49(71)68-47)25-36-27-62-41-11-5-4-10-38(36)41/h2-17,19,21,26-27,30,39-40,42-47,62,69H,18,20,22-25,28-29,57-58H2,1H3,(H2,59,70)(H,61,73)(H,63,75)(H,64,76)(H,65,74)(H,66,72)(H,67,77)(H,68,71)/t30-,39-,40-,42-,43-,44+,45+,46-,47+/m0/s1. The maximum atomic E-state index is 14.7. The van der Waals surface area contributed by atoms with Crippen LogP contribution in [0.5, 0.6) is 0 Å². The third-order valence-electron chi connectivity index (χ3n) is 13.1. The number of carbonyl (C=O) groups excluding carboxylic acids is 8. The summed E-state index contributed by atoms with van der Waals surface area (Å²) in [5, 5.41) is 32.7. The van der Waals surface area contributed by atoms with E-state index < -0.39 is 102 Å². The molecule has 79 heavy (non-hydrogen) atoms. The monoisotopic (exact) mass is 1130 g/mol. The zero-order valence-electron chi connectivity index (χ0n) is 43.0. The van der Waals surface area contributed by atoms with Gasteiger partial charge in [0.05, 0.1) is 18.2 Å². The van der Waals surface area contributed by atoms with Gasteiger partial charge in [-0.3, -0.25) is 43.3 Å². The quantitative estimate of drug-likeness (QED) is 0.0677. The number of benzene rings is 4. The molecule has 1 fully saturated rings. The van der Waals surface area contributed by atoms with E-state index in [9.17, 15) is 43.5 Å². The van der Waals surface area contributed by atoms with Crippen molar-refractivity contribution in [2.24, 2.45) is 17.2 Å². The number of aromatic nitrogens is 2. The van der Waals surface area contributed by atoms with Crippen LogP contribution in [0.4, 0.5) is 0 Å². The number of nitrogens with one attached hydrogen (secondary N) is 8. The van der Waals surface area contributed by atoms with Gasteiger partial charge >= 0.3 is 0 Å². The molecule has 1 saturated heterocycles. The van der Waals surface area contributed by atoms with E-state index in [0.29, 0.717) is 27.3 Å². The predicted octanol–water partition coefficient (Wildman–Crippen LogP) is 0.971. The third-order valence-corrected chi connectivity index (χ3v) is 15.8. The lowest BCUT2D eigenvalue weighted by atomic mass is 10.0. The first kappa shape index (κ1) is 59.1. The molecule has 0 saturated carbocycles. The molecule has 21 nitrogen and oxygen atoms in total. The van der Waals surface area contributed by atoms with Crippen molar-refractivity contribution in [1.29, 1.82) is 0 Å². The van der Waals surface area contributed by atoms with Crippen LogP contribution in [-0.4, -0.2) is 135 Å². The van der Waals surface area contributed by atoms with E-state index >= 15 is 0 Å². The molecule has 1 aliphatic heterocycles. The number of primary amides is 1. The molecule has 0 radical (unpaired) electrons. The molecule has 0 unspecified atom stereocenters. The van der Waals surface area contributed by atoms with Crippen molar-refractivity contribution < 1.29 is 43.5 Å². The second-order valence-corrected chi connectivity index (χ2v) is 22.1. The van der Waals surface area contributed by atoms with Gasteiger partial charge in [-0.05, 0) is 77.1 Å². The number of hydrogen-bond acceptors (Lipinski definition) is 14. The fraction of sp³-hybridized carbons (Fsp3) is 0.327. The molecule has 416 valence electrons. The normalized spacial score (nSPS) is 21.6. The summed E-state index contributed by atoms with van der Waals surface area (Å²) in [6, 6.07) is 19.7. The number of amides is 8. The largest absolute Gasteiger partial charge is 0.391 e. The van der Waals surface area contributed by atoms with Crippen LogP contribution in [0.1, 0.15) is 35.6 Å². The van der Waals surface area contributed by atoms with Crippen molar-refractivity contribution in [3.8, 4) is 0 Å². The highest BCUT2D eigenvalue weighted by Crippen LogP contribution is 2.25. The van der Waals surface area contributed by atoms with Crippen LogP contribution >= 0.6 is 33.2 Å². The summed E-state index contributed by atoms with van der Waals surface area (Å²) in [5.74, 6) is -6.98. The number of H-pyrrole nitrogens is 1. The number of aliphatic hydroxyl groups excluding tert-OH is 1. The number of carbonyl (C=O) groups is 8. The Hall–Kier alpha value is -7.54. The predicted molar refractivity (Wildman–Crippen MR) is 304 cm³/mol. The Morgan fingerprint density at radius 1 is 0.759 bits per heavy atom. The zero-order valence-corrected chi connectivity index (χ0v) is 45.4. The van der Waals surface area contributed by atoms with Crippen LogP contribution in [0.2, 0.25) is 5.02 Å². The molecule has 4 aromatic carbocycles. The van der Waals surface area contributed by atoms with Gasteiger partial charge in [-0.25, -0.2) is 0 Å². The summed E-state index contributed by atoms with van der Waals surface area (Å²) < 4.78 is 0. The topological polar surface area (TPSA) is 348 Å². The number of aromatic amines is 1. The lowest BCUT2D eigenvalue weighted by molar-refractivity contribution is -0.135. The zero-order chi connectivity index (χ0) is 56.6. The van der Waals surface area contributed by atoms with Crippen LogP contribution in [-0.2, 0) is 64.0 Å². The Balaban J connectivity index is 1.19. The van der Waals surface area contributed by atoms with Crippen molar-refractivity contribution in [2.75, 3.05) is 18.1 Å². The molecule has 2 aromatic heterocycles. The molecule has 15 N–H and O–H groups in total. The minimum atomic E-state index is -1.65. The smallest absolute Gasteiger partial charge is 0.245 e. The van der Waals surface area contributed by atoms with Gasteiger partial charge in [-0.2, -0.15) is 0 Å². The van der Waals surface area contributed by atoms with Gasteiger partial charge in [-0.15, -0.1) is 0 Å². The molecule has 1 aliphatic rings. The van der Waals surface area contributed by atoms with Crippen molar-refractivity contribution in [2.45, 2.75) is 93.5 Å². The molecule has 7 rings (SSSR count). The van der Waals surface area contributed by atoms with Crippen molar-refractivity contribution in [3.63, 3.8) is 0 Å². The summed E-state index contributed by atoms with van der Waals surface area (Å²) in [6.45, 7) is 1.06. The average Bonchev–Trinajstić information content (AvgIpc) is 3.90. The number of halogens is 1. The fourth-order valence-corrected chi connectivity index (χ4v) is 11.2.